The normalized spacial score (nSPS) is 11.4. The first-order valence-corrected chi connectivity index (χ1v) is 20.9. The summed E-state index contributed by atoms with van der Waals surface area (Å²) in [7, 11) is 0. The number of carbonyl (C=O) groups excluding carboxylic acids is 1. The van der Waals surface area contributed by atoms with Gasteiger partial charge in [-0.15, -0.1) is 0 Å². The Hall–Kier alpha value is -1.91. The third kappa shape index (κ3) is 38.7. The third-order valence-electron chi connectivity index (χ3n) is 8.06. The van der Waals surface area contributed by atoms with Gasteiger partial charge in [0.25, 0.3) is 0 Å². The van der Waals surface area contributed by atoms with Crippen molar-refractivity contribution in [2.45, 2.75) is 84.5 Å². The maximum atomic E-state index is 11.5. The Balaban J connectivity index is 1.68. The molecule has 0 saturated carbocycles. The lowest BCUT2D eigenvalue weighted by molar-refractivity contribution is -0.145. The van der Waals surface area contributed by atoms with Crippen LogP contribution in [0.2, 0.25) is 0 Å². The summed E-state index contributed by atoms with van der Waals surface area (Å²) in [4.78, 5) is 11.5. The summed E-state index contributed by atoms with van der Waals surface area (Å²) in [5.74, 6) is 0.724. The van der Waals surface area contributed by atoms with Crippen LogP contribution in [0.5, 0.6) is 5.75 Å². The van der Waals surface area contributed by atoms with Gasteiger partial charge < -0.3 is 56.8 Å². The van der Waals surface area contributed by atoms with Gasteiger partial charge in [0.15, 0.2) is 0 Å². The fourth-order valence-corrected chi connectivity index (χ4v) is 4.97. The summed E-state index contributed by atoms with van der Waals surface area (Å²) in [6.07, 6.45) is 12.6. The second-order valence-corrected chi connectivity index (χ2v) is 12.8. The van der Waals surface area contributed by atoms with Crippen LogP contribution >= 0.6 is 0 Å². The van der Waals surface area contributed by atoms with Gasteiger partial charge in [0.05, 0.1) is 132 Å². The van der Waals surface area contributed by atoms with Crippen molar-refractivity contribution in [3.05, 3.63) is 29.8 Å². The SMILES string of the molecule is CCCCCCCCc1ccc(OCCOCCOCCOCCOCCOCCOCCOCCOCCOCCOCCOC(=O)CCCCC)cc1. The van der Waals surface area contributed by atoms with Crippen molar-refractivity contribution in [1.82, 2.24) is 0 Å². The van der Waals surface area contributed by atoms with Crippen molar-refractivity contribution in [3.63, 3.8) is 0 Å². The predicted molar refractivity (Wildman–Crippen MR) is 212 cm³/mol. The molecule has 1 aromatic rings. The summed E-state index contributed by atoms with van der Waals surface area (Å²) < 4.78 is 65.9. The molecule has 0 aliphatic rings. The van der Waals surface area contributed by atoms with Gasteiger partial charge >= 0.3 is 5.97 Å². The van der Waals surface area contributed by atoms with E-state index in [1.807, 2.05) is 12.1 Å². The Labute approximate surface area is 332 Å². The molecule has 0 unspecified atom stereocenters. The molecule has 0 aromatic heterocycles. The van der Waals surface area contributed by atoms with E-state index in [0.29, 0.717) is 145 Å². The number of unbranched alkanes of at least 4 members (excludes halogenated alkanes) is 7. The lowest BCUT2D eigenvalue weighted by Crippen LogP contribution is -2.15. The van der Waals surface area contributed by atoms with Crippen LogP contribution in [0.1, 0.15) is 83.6 Å². The number of benzene rings is 1. The summed E-state index contributed by atoms with van der Waals surface area (Å²) >= 11 is 0. The average Bonchev–Trinajstić information content (AvgIpc) is 3.20. The van der Waals surface area contributed by atoms with Gasteiger partial charge in [-0.3, -0.25) is 4.79 Å². The molecule has 1 rings (SSSR count). The second-order valence-electron chi connectivity index (χ2n) is 12.8. The first kappa shape index (κ1) is 51.1. The zero-order valence-electron chi connectivity index (χ0n) is 34.5. The molecule has 0 saturated heterocycles. The van der Waals surface area contributed by atoms with Crippen molar-refractivity contribution in [2.24, 2.45) is 0 Å². The minimum atomic E-state index is -0.159. The smallest absolute Gasteiger partial charge is 0.305 e. The van der Waals surface area contributed by atoms with E-state index in [-0.39, 0.29) is 12.6 Å². The van der Waals surface area contributed by atoms with E-state index >= 15 is 0 Å². The van der Waals surface area contributed by atoms with Gasteiger partial charge in [-0.1, -0.05) is 70.9 Å². The maximum Gasteiger partial charge on any atom is 0.305 e. The molecule has 0 radical (unpaired) electrons. The monoisotopic (exact) mass is 789 g/mol. The quantitative estimate of drug-likeness (QED) is 0.0546. The summed E-state index contributed by atoms with van der Waals surface area (Å²) in [6, 6.07) is 8.43. The molecule has 0 spiro atoms. The predicted octanol–water partition coefficient (Wildman–Crippen LogP) is 6.26. The summed E-state index contributed by atoms with van der Waals surface area (Å²) in [5.41, 5.74) is 1.38. The number of esters is 1. The molecule has 0 amide bonds. The van der Waals surface area contributed by atoms with Crippen LogP contribution in [-0.2, 0) is 63.3 Å². The lowest BCUT2D eigenvalue weighted by Gasteiger charge is -2.09. The highest BCUT2D eigenvalue weighted by molar-refractivity contribution is 5.69. The number of hydrogen-bond acceptors (Lipinski definition) is 13. The van der Waals surface area contributed by atoms with Crippen LogP contribution < -0.4 is 4.74 Å². The molecule has 322 valence electrons. The topological polar surface area (TPSA) is 128 Å². The molecule has 0 fully saturated rings. The van der Waals surface area contributed by atoms with Gasteiger partial charge in [0.1, 0.15) is 19.0 Å². The van der Waals surface area contributed by atoms with E-state index in [1.54, 1.807) is 0 Å². The third-order valence-corrected chi connectivity index (χ3v) is 8.06. The Bertz CT molecular complexity index is 906. The molecule has 0 bridgehead atoms. The fraction of sp³-hybridized carbons (Fsp3) is 0.833. The standard InChI is InChI=1S/C42H76O13/c1-3-5-7-8-9-11-12-40-14-16-41(17-15-40)54-38-36-52-34-32-50-30-28-48-26-24-46-22-20-44-18-19-45-21-23-47-25-27-49-29-31-51-33-35-53-37-39-55-42(43)13-10-6-4-2/h14-17H,3-13,18-39H2,1-2H3. The first-order chi connectivity index (χ1) is 27.3. The van der Waals surface area contributed by atoms with Crippen LogP contribution in [0.4, 0.5) is 0 Å². The molecular weight excluding hydrogens is 712 g/mol. The van der Waals surface area contributed by atoms with E-state index in [0.717, 1.165) is 31.4 Å². The average molecular weight is 789 g/mol. The van der Waals surface area contributed by atoms with Gasteiger partial charge in [-0.25, -0.2) is 0 Å². The molecule has 55 heavy (non-hydrogen) atoms. The second kappa shape index (κ2) is 43.2. The molecule has 0 atom stereocenters. The molecule has 13 heteroatoms. The Morgan fingerprint density at radius 2 is 0.709 bits per heavy atom. The summed E-state index contributed by atoms with van der Waals surface area (Å²) in [5, 5.41) is 0. The van der Waals surface area contributed by atoms with Crippen LogP contribution in [0, 0.1) is 0 Å². The minimum Gasteiger partial charge on any atom is -0.491 e. The Morgan fingerprint density at radius 1 is 0.382 bits per heavy atom. The highest BCUT2D eigenvalue weighted by Gasteiger charge is 2.02. The number of rotatable bonds is 45. The van der Waals surface area contributed by atoms with Crippen molar-refractivity contribution in [3.8, 4) is 5.75 Å². The minimum absolute atomic E-state index is 0.159. The van der Waals surface area contributed by atoms with Gasteiger partial charge in [-0.2, -0.15) is 0 Å². The van der Waals surface area contributed by atoms with Crippen LogP contribution in [0.15, 0.2) is 24.3 Å². The lowest BCUT2D eigenvalue weighted by atomic mass is 10.0. The zero-order valence-corrected chi connectivity index (χ0v) is 34.5. The maximum absolute atomic E-state index is 11.5. The number of ether oxygens (including phenoxy) is 12. The van der Waals surface area contributed by atoms with Crippen molar-refractivity contribution >= 4 is 5.97 Å². The van der Waals surface area contributed by atoms with E-state index in [2.05, 4.69) is 26.0 Å². The van der Waals surface area contributed by atoms with Gasteiger partial charge in [-0.05, 0) is 37.0 Å². The van der Waals surface area contributed by atoms with Crippen LogP contribution in [-0.4, -0.2) is 151 Å². The molecule has 13 nitrogen and oxygen atoms in total. The molecule has 0 N–H and O–H groups in total. The largest absolute Gasteiger partial charge is 0.491 e. The molecule has 0 heterocycles. The molecule has 0 aliphatic carbocycles. The van der Waals surface area contributed by atoms with Crippen LogP contribution in [0.3, 0.4) is 0 Å². The highest BCUT2D eigenvalue weighted by atomic mass is 16.6. The first-order valence-electron chi connectivity index (χ1n) is 20.9. The van der Waals surface area contributed by atoms with E-state index in [1.165, 1.54) is 44.1 Å². The highest BCUT2D eigenvalue weighted by Crippen LogP contribution is 2.15. The van der Waals surface area contributed by atoms with Crippen molar-refractivity contribution in [1.29, 1.82) is 0 Å². The van der Waals surface area contributed by atoms with E-state index in [4.69, 9.17) is 56.8 Å². The number of carbonyl (C=O) groups is 1. The van der Waals surface area contributed by atoms with E-state index in [9.17, 15) is 4.79 Å². The number of aryl methyl sites for hydroxylation is 1. The number of hydrogen-bond donors (Lipinski definition) is 0. The summed E-state index contributed by atoms with van der Waals surface area (Å²) in [6.45, 7) is 15.1. The van der Waals surface area contributed by atoms with Crippen molar-refractivity contribution in [2.75, 3.05) is 145 Å². The zero-order chi connectivity index (χ0) is 39.4. The van der Waals surface area contributed by atoms with Gasteiger partial charge in [0, 0.05) is 6.42 Å². The van der Waals surface area contributed by atoms with Gasteiger partial charge in [0.2, 0.25) is 0 Å². The van der Waals surface area contributed by atoms with Crippen LogP contribution in [0.25, 0.3) is 0 Å². The fourth-order valence-electron chi connectivity index (χ4n) is 4.97. The molecular formula is C42H76O13. The molecule has 0 aliphatic heterocycles. The van der Waals surface area contributed by atoms with Crippen molar-refractivity contribution < 1.29 is 61.6 Å². The van der Waals surface area contributed by atoms with E-state index < -0.39 is 0 Å². The Kier molecular flexibility index (Phi) is 40.2. The Morgan fingerprint density at radius 3 is 1.11 bits per heavy atom. The molecule has 1 aromatic carbocycles.